The zero-order valence-corrected chi connectivity index (χ0v) is 12.1. The first kappa shape index (κ1) is 13.2. The van der Waals surface area contributed by atoms with Gasteiger partial charge in [0.05, 0.1) is 23.2 Å². The predicted molar refractivity (Wildman–Crippen MR) is 72.4 cm³/mol. The molecule has 1 heterocycles. The van der Waals surface area contributed by atoms with Gasteiger partial charge in [0.1, 0.15) is 0 Å². The minimum atomic E-state index is -0.634. The molecule has 3 atom stereocenters. The van der Waals surface area contributed by atoms with Crippen LogP contribution in [0, 0.1) is 18.3 Å². The molecule has 0 aliphatic heterocycles. The minimum Gasteiger partial charge on any atom is -0.359 e. The Labute approximate surface area is 117 Å². The lowest BCUT2D eigenvalue weighted by molar-refractivity contribution is -0.123. The molecule has 106 valence electrons. The lowest BCUT2D eigenvalue weighted by Crippen LogP contribution is -2.51. The maximum Gasteiger partial charge on any atom is 0.179 e. The third kappa shape index (κ3) is 1.50. The van der Waals surface area contributed by atoms with Crippen LogP contribution in [0.2, 0.25) is 0 Å². The highest BCUT2D eigenvalue weighted by atomic mass is 16.5. The van der Waals surface area contributed by atoms with Gasteiger partial charge in [-0.25, -0.2) is 0 Å². The van der Waals surface area contributed by atoms with Crippen LogP contribution in [0.25, 0.3) is 0 Å². The fourth-order valence-corrected chi connectivity index (χ4v) is 3.81. The lowest BCUT2D eigenvalue weighted by atomic mass is 9.58. The minimum absolute atomic E-state index is 0.109. The van der Waals surface area contributed by atoms with E-state index in [0.29, 0.717) is 23.4 Å². The van der Waals surface area contributed by atoms with E-state index in [0.717, 1.165) is 0 Å². The first-order chi connectivity index (χ1) is 9.38. The van der Waals surface area contributed by atoms with Gasteiger partial charge in [0.2, 0.25) is 0 Å². The molecule has 0 radical (unpaired) electrons. The smallest absolute Gasteiger partial charge is 0.179 e. The summed E-state index contributed by atoms with van der Waals surface area (Å²) in [5.41, 5.74) is 0.585. The van der Waals surface area contributed by atoms with Crippen molar-refractivity contribution in [2.75, 3.05) is 14.1 Å². The van der Waals surface area contributed by atoms with Gasteiger partial charge in [0.25, 0.3) is 0 Å². The van der Waals surface area contributed by atoms with Crippen LogP contribution in [0.1, 0.15) is 41.2 Å². The van der Waals surface area contributed by atoms with Crippen molar-refractivity contribution in [1.29, 1.82) is 0 Å². The van der Waals surface area contributed by atoms with E-state index in [9.17, 15) is 9.59 Å². The van der Waals surface area contributed by atoms with Gasteiger partial charge in [-0.2, -0.15) is 0 Å². The first-order valence-electron chi connectivity index (χ1n) is 6.75. The molecule has 0 amide bonds. The summed E-state index contributed by atoms with van der Waals surface area (Å²) in [5, 5.41) is 3.94. The molecule has 3 unspecified atom stereocenters. The van der Waals surface area contributed by atoms with Crippen molar-refractivity contribution >= 4 is 11.6 Å². The van der Waals surface area contributed by atoms with Gasteiger partial charge in [-0.1, -0.05) is 18.2 Å². The van der Waals surface area contributed by atoms with Crippen molar-refractivity contribution < 1.29 is 14.1 Å². The molecule has 5 nitrogen and oxygen atoms in total. The second kappa shape index (κ2) is 4.12. The molecular weight excluding hydrogens is 256 g/mol. The Morgan fingerprint density at radius 3 is 2.75 bits per heavy atom. The highest BCUT2D eigenvalue weighted by molar-refractivity contribution is 6.16. The van der Waals surface area contributed by atoms with Crippen molar-refractivity contribution in [2.24, 2.45) is 11.3 Å². The SMILES string of the molecule is Cc1noc2c1C(=O)C1C(=O)C=CCC1(C)C2N(C)C. The predicted octanol–water partition coefficient (Wildman–Crippen LogP) is 1.93. The van der Waals surface area contributed by atoms with Gasteiger partial charge >= 0.3 is 0 Å². The second-order valence-corrected chi connectivity index (χ2v) is 6.19. The van der Waals surface area contributed by atoms with E-state index in [1.807, 2.05) is 32.0 Å². The number of carbonyl (C=O) groups is 2. The summed E-state index contributed by atoms with van der Waals surface area (Å²) in [7, 11) is 3.88. The van der Waals surface area contributed by atoms with Crippen LogP contribution < -0.4 is 0 Å². The number of ketones is 2. The van der Waals surface area contributed by atoms with Gasteiger partial charge in [-0.3, -0.25) is 14.5 Å². The molecule has 0 spiro atoms. The van der Waals surface area contributed by atoms with Crippen molar-refractivity contribution in [3.63, 3.8) is 0 Å². The Morgan fingerprint density at radius 1 is 1.40 bits per heavy atom. The highest BCUT2D eigenvalue weighted by Crippen LogP contribution is 2.54. The van der Waals surface area contributed by atoms with Crippen LogP contribution in [0.4, 0.5) is 0 Å². The summed E-state index contributed by atoms with van der Waals surface area (Å²) in [6.07, 6.45) is 4.07. The monoisotopic (exact) mass is 274 g/mol. The van der Waals surface area contributed by atoms with Crippen LogP contribution in [0.15, 0.2) is 16.7 Å². The summed E-state index contributed by atoms with van der Waals surface area (Å²) in [6, 6.07) is -0.129. The number of rotatable bonds is 1. The molecule has 20 heavy (non-hydrogen) atoms. The average molecular weight is 274 g/mol. The van der Waals surface area contributed by atoms with Gasteiger partial charge in [-0.05, 0) is 33.5 Å². The van der Waals surface area contributed by atoms with Crippen molar-refractivity contribution in [1.82, 2.24) is 10.1 Å². The maximum atomic E-state index is 12.7. The third-order valence-electron chi connectivity index (χ3n) is 4.57. The Morgan fingerprint density at radius 2 is 2.10 bits per heavy atom. The highest BCUT2D eigenvalue weighted by Gasteiger charge is 2.57. The number of aryl methyl sites for hydroxylation is 1. The van der Waals surface area contributed by atoms with E-state index in [1.165, 1.54) is 6.08 Å². The molecule has 3 rings (SSSR count). The maximum absolute atomic E-state index is 12.7. The zero-order chi connectivity index (χ0) is 14.7. The molecule has 2 aliphatic carbocycles. The lowest BCUT2D eigenvalue weighted by Gasteiger charge is -2.47. The van der Waals surface area contributed by atoms with Gasteiger partial charge in [0.15, 0.2) is 17.3 Å². The standard InChI is InChI=1S/C15H18N2O3/c1-8-10-12(19)11-9(18)6-5-7-15(11,2)14(17(3)4)13(10)20-16-8/h5-6,11,14H,7H2,1-4H3. The molecule has 0 N–H and O–H groups in total. The van der Waals surface area contributed by atoms with Gasteiger partial charge in [0, 0.05) is 5.41 Å². The Balaban J connectivity index is 2.28. The molecule has 0 bridgehead atoms. The van der Waals surface area contributed by atoms with Crippen LogP contribution in [0.5, 0.6) is 0 Å². The van der Waals surface area contributed by atoms with Crippen molar-refractivity contribution in [2.45, 2.75) is 26.3 Å². The van der Waals surface area contributed by atoms with Crippen molar-refractivity contribution in [3.05, 3.63) is 29.2 Å². The summed E-state index contributed by atoms with van der Waals surface area (Å²) < 4.78 is 5.43. The van der Waals surface area contributed by atoms with E-state index in [4.69, 9.17) is 4.52 Å². The number of Topliss-reactive ketones (excluding diaryl/α,β-unsaturated/α-hetero) is 1. The van der Waals surface area contributed by atoms with E-state index >= 15 is 0 Å². The average Bonchev–Trinajstić information content (AvgIpc) is 2.70. The number of aromatic nitrogens is 1. The number of nitrogens with zero attached hydrogens (tertiary/aromatic N) is 2. The molecule has 1 aromatic heterocycles. The van der Waals surface area contributed by atoms with Crippen LogP contribution in [0.3, 0.4) is 0 Å². The summed E-state index contributed by atoms with van der Waals surface area (Å²) >= 11 is 0. The number of allylic oxidation sites excluding steroid dienone is 2. The summed E-state index contributed by atoms with van der Waals surface area (Å²) in [6.45, 7) is 3.74. The van der Waals surface area contributed by atoms with Crippen molar-refractivity contribution in [3.8, 4) is 0 Å². The normalized spacial score (nSPS) is 32.5. The number of hydrogen-bond donors (Lipinski definition) is 0. The summed E-state index contributed by atoms with van der Waals surface area (Å²) in [4.78, 5) is 27.0. The molecule has 0 saturated carbocycles. The zero-order valence-electron chi connectivity index (χ0n) is 12.1. The van der Waals surface area contributed by atoms with Gasteiger partial charge in [-0.15, -0.1) is 0 Å². The van der Waals surface area contributed by atoms with Crippen LogP contribution in [-0.4, -0.2) is 35.7 Å². The molecule has 0 aromatic carbocycles. The number of carbonyl (C=O) groups excluding carboxylic acids is 2. The van der Waals surface area contributed by atoms with Crippen LogP contribution >= 0.6 is 0 Å². The molecule has 5 heteroatoms. The first-order valence-corrected chi connectivity index (χ1v) is 6.75. The van der Waals surface area contributed by atoms with Crippen LogP contribution in [-0.2, 0) is 4.79 Å². The molecule has 0 saturated heterocycles. The topological polar surface area (TPSA) is 63.4 Å². The Bertz CT molecular complexity index is 629. The molecule has 0 fully saturated rings. The second-order valence-electron chi connectivity index (χ2n) is 6.19. The summed E-state index contributed by atoms with van der Waals surface area (Å²) in [5.74, 6) is -0.291. The van der Waals surface area contributed by atoms with Gasteiger partial charge < -0.3 is 4.52 Å². The largest absolute Gasteiger partial charge is 0.359 e. The molecular formula is C15H18N2O3. The quantitative estimate of drug-likeness (QED) is 0.732. The number of hydrogen-bond acceptors (Lipinski definition) is 5. The van der Waals surface area contributed by atoms with E-state index < -0.39 is 11.3 Å². The van der Waals surface area contributed by atoms with E-state index in [2.05, 4.69) is 5.16 Å². The molecule has 2 aliphatic rings. The Kier molecular flexibility index (Phi) is 2.73. The fourth-order valence-electron chi connectivity index (χ4n) is 3.81. The van der Waals surface area contributed by atoms with E-state index in [-0.39, 0.29) is 17.6 Å². The molecule has 1 aromatic rings. The Hall–Kier alpha value is -1.75. The van der Waals surface area contributed by atoms with E-state index in [1.54, 1.807) is 6.92 Å². The fraction of sp³-hybridized carbons (Fsp3) is 0.533. The number of fused-ring (bicyclic) bond motifs is 2. The third-order valence-corrected chi connectivity index (χ3v) is 4.57.